The van der Waals surface area contributed by atoms with Crippen molar-refractivity contribution in [2.75, 3.05) is 26.7 Å². The van der Waals surface area contributed by atoms with E-state index in [9.17, 15) is 9.59 Å². The molecule has 7 heteroatoms. The van der Waals surface area contributed by atoms with Gasteiger partial charge >= 0.3 is 0 Å². The minimum atomic E-state index is -0.161. The van der Waals surface area contributed by atoms with Gasteiger partial charge in [0.2, 0.25) is 5.91 Å². The maximum atomic E-state index is 12.9. The standard InChI is InChI=1S/C25H30N4O3/c1-28-25(31)19-11-5-4-10-18(19)21(27-28)16-24(30)26-17-22(29-14-8-3-9-15-29)20-12-6-7-13-23(20)32-2/h4-7,10-13,22H,3,8-9,14-17H2,1-2H3,(H,26,30). The monoisotopic (exact) mass is 434 g/mol. The second-order valence-corrected chi connectivity index (χ2v) is 8.26. The predicted molar refractivity (Wildman–Crippen MR) is 125 cm³/mol. The van der Waals surface area contributed by atoms with Crippen LogP contribution in [0.15, 0.2) is 53.3 Å². The van der Waals surface area contributed by atoms with E-state index >= 15 is 0 Å². The Hall–Kier alpha value is -3.19. The molecule has 168 valence electrons. The highest BCUT2D eigenvalue weighted by atomic mass is 16.5. The topological polar surface area (TPSA) is 76.5 Å². The highest BCUT2D eigenvalue weighted by molar-refractivity contribution is 5.88. The number of carbonyl (C=O) groups is 1. The first-order valence-electron chi connectivity index (χ1n) is 11.2. The summed E-state index contributed by atoms with van der Waals surface area (Å²) in [5.41, 5.74) is 1.53. The molecule has 0 aliphatic carbocycles. The Balaban J connectivity index is 1.54. The molecule has 7 nitrogen and oxygen atoms in total. The summed E-state index contributed by atoms with van der Waals surface area (Å²) in [4.78, 5) is 27.7. The van der Waals surface area contributed by atoms with Crippen molar-refractivity contribution in [3.8, 4) is 5.75 Å². The van der Waals surface area contributed by atoms with E-state index in [1.54, 1.807) is 20.2 Å². The van der Waals surface area contributed by atoms with Gasteiger partial charge in [-0.25, -0.2) is 4.68 Å². The van der Waals surface area contributed by atoms with Crippen molar-refractivity contribution in [3.05, 3.63) is 70.1 Å². The summed E-state index contributed by atoms with van der Waals surface area (Å²) in [5.74, 6) is 0.723. The molecule has 1 fully saturated rings. The predicted octanol–water partition coefficient (Wildman–Crippen LogP) is 2.83. The number of aromatic nitrogens is 2. The van der Waals surface area contributed by atoms with E-state index < -0.39 is 0 Å². The summed E-state index contributed by atoms with van der Waals surface area (Å²) in [5, 5.41) is 8.77. The Morgan fingerprint density at radius 3 is 2.50 bits per heavy atom. The van der Waals surface area contributed by atoms with Gasteiger partial charge < -0.3 is 10.1 Å². The third kappa shape index (κ3) is 4.67. The number of benzene rings is 2. The van der Waals surface area contributed by atoms with Crippen molar-refractivity contribution in [3.63, 3.8) is 0 Å². The Kier molecular flexibility index (Phi) is 6.85. The summed E-state index contributed by atoms with van der Waals surface area (Å²) in [6.45, 7) is 2.50. The van der Waals surface area contributed by atoms with Crippen LogP contribution in [0.4, 0.5) is 0 Å². The average molecular weight is 435 g/mol. The molecule has 1 aliphatic heterocycles. The van der Waals surface area contributed by atoms with Crippen LogP contribution in [-0.2, 0) is 18.3 Å². The highest BCUT2D eigenvalue weighted by Gasteiger charge is 2.25. The summed E-state index contributed by atoms with van der Waals surface area (Å²) in [6.07, 6.45) is 3.68. The lowest BCUT2D eigenvalue weighted by Crippen LogP contribution is -2.41. The zero-order valence-corrected chi connectivity index (χ0v) is 18.7. The van der Waals surface area contributed by atoms with Crippen LogP contribution in [0.3, 0.4) is 0 Å². The molecule has 1 unspecified atom stereocenters. The molecule has 32 heavy (non-hydrogen) atoms. The molecule has 2 heterocycles. The maximum absolute atomic E-state index is 12.9. The van der Waals surface area contributed by atoms with Gasteiger partial charge in [0.05, 0.1) is 30.7 Å². The first kappa shape index (κ1) is 22.0. The zero-order chi connectivity index (χ0) is 22.5. The van der Waals surface area contributed by atoms with Crippen LogP contribution in [0, 0.1) is 0 Å². The Morgan fingerprint density at radius 1 is 1.06 bits per heavy atom. The van der Waals surface area contributed by atoms with E-state index in [1.165, 1.54) is 11.1 Å². The molecule has 4 rings (SSSR count). The number of aryl methyl sites for hydroxylation is 1. The molecule has 0 bridgehead atoms. The second-order valence-electron chi connectivity index (χ2n) is 8.26. The van der Waals surface area contributed by atoms with E-state index in [4.69, 9.17) is 4.74 Å². The molecule has 0 radical (unpaired) electrons. The third-order valence-corrected chi connectivity index (χ3v) is 6.18. The normalized spacial score (nSPS) is 15.4. The molecule has 1 saturated heterocycles. The number of ether oxygens (including phenoxy) is 1. The molecular formula is C25H30N4O3. The summed E-state index contributed by atoms with van der Waals surface area (Å²) < 4.78 is 6.91. The first-order valence-corrected chi connectivity index (χ1v) is 11.2. The number of nitrogens with one attached hydrogen (secondary N) is 1. The molecule has 1 aromatic heterocycles. The lowest BCUT2D eigenvalue weighted by atomic mass is 10.0. The van der Waals surface area contributed by atoms with Crippen LogP contribution >= 0.6 is 0 Å². The quantitative estimate of drug-likeness (QED) is 0.619. The molecule has 1 N–H and O–H groups in total. The number of hydrogen-bond acceptors (Lipinski definition) is 5. The molecule has 0 saturated carbocycles. The number of hydrogen-bond donors (Lipinski definition) is 1. The fourth-order valence-corrected chi connectivity index (χ4v) is 4.54. The number of piperidine rings is 1. The number of nitrogens with zero attached hydrogens (tertiary/aromatic N) is 3. The number of para-hydroxylation sites is 1. The van der Waals surface area contributed by atoms with E-state index in [-0.39, 0.29) is 23.9 Å². The van der Waals surface area contributed by atoms with Crippen LogP contribution in [0.2, 0.25) is 0 Å². The number of methoxy groups -OCH3 is 1. The van der Waals surface area contributed by atoms with Crippen molar-refractivity contribution >= 4 is 16.7 Å². The number of fused-ring (bicyclic) bond motifs is 1. The van der Waals surface area contributed by atoms with E-state index in [2.05, 4.69) is 21.4 Å². The van der Waals surface area contributed by atoms with Gasteiger partial charge in [-0.05, 0) is 38.1 Å². The number of likely N-dealkylation sites (tertiary alicyclic amines) is 1. The van der Waals surface area contributed by atoms with E-state index in [1.807, 2.05) is 36.4 Å². The van der Waals surface area contributed by atoms with Gasteiger partial charge in [0, 0.05) is 24.5 Å². The molecule has 2 aromatic carbocycles. The third-order valence-electron chi connectivity index (χ3n) is 6.18. The fraction of sp³-hybridized carbons (Fsp3) is 0.400. The van der Waals surface area contributed by atoms with Crippen LogP contribution in [0.25, 0.3) is 10.8 Å². The average Bonchev–Trinajstić information content (AvgIpc) is 2.83. The minimum absolute atomic E-state index is 0.0419. The second kappa shape index (κ2) is 9.96. The van der Waals surface area contributed by atoms with Crippen molar-refractivity contribution < 1.29 is 9.53 Å². The van der Waals surface area contributed by atoms with Crippen molar-refractivity contribution in [2.24, 2.45) is 7.05 Å². The smallest absolute Gasteiger partial charge is 0.274 e. The van der Waals surface area contributed by atoms with E-state index in [0.29, 0.717) is 17.6 Å². The SMILES string of the molecule is COc1ccccc1C(CNC(=O)Cc1nn(C)c(=O)c2ccccc12)N1CCCCC1. The Morgan fingerprint density at radius 2 is 1.75 bits per heavy atom. The van der Waals surface area contributed by atoms with Gasteiger partial charge in [-0.15, -0.1) is 0 Å². The Labute approximate surface area is 188 Å². The Bertz CT molecular complexity index is 1150. The molecule has 1 aliphatic rings. The molecule has 3 aromatic rings. The molecule has 0 spiro atoms. The zero-order valence-electron chi connectivity index (χ0n) is 18.7. The number of carbonyl (C=O) groups excluding carboxylic acids is 1. The van der Waals surface area contributed by atoms with Gasteiger partial charge in [0.25, 0.3) is 5.56 Å². The summed E-state index contributed by atoms with van der Waals surface area (Å²) >= 11 is 0. The minimum Gasteiger partial charge on any atom is -0.496 e. The van der Waals surface area contributed by atoms with Crippen LogP contribution < -0.4 is 15.6 Å². The van der Waals surface area contributed by atoms with Crippen molar-refractivity contribution in [2.45, 2.75) is 31.7 Å². The molecule has 1 atom stereocenters. The van der Waals surface area contributed by atoms with Crippen molar-refractivity contribution in [1.82, 2.24) is 20.0 Å². The van der Waals surface area contributed by atoms with Gasteiger partial charge in [0.15, 0.2) is 0 Å². The summed E-state index contributed by atoms with van der Waals surface area (Å²) in [7, 11) is 3.30. The first-order chi connectivity index (χ1) is 15.6. The highest BCUT2D eigenvalue weighted by Crippen LogP contribution is 2.31. The van der Waals surface area contributed by atoms with Crippen LogP contribution in [0.5, 0.6) is 5.75 Å². The summed E-state index contributed by atoms with van der Waals surface area (Å²) in [6, 6.07) is 15.4. The lowest BCUT2D eigenvalue weighted by molar-refractivity contribution is -0.120. The van der Waals surface area contributed by atoms with Crippen LogP contribution in [0.1, 0.15) is 36.6 Å². The fourth-order valence-electron chi connectivity index (χ4n) is 4.54. The van der Waals surface area contributed by atoms with E-state index in [0.717, 1.165) is 42.6 Å². The van der Waals surface area contributed by atoms with Gasteiger partial charge in [-0.2, -0.15) is 5.10 Å². The van der Waals surface area contributed by atoms with Gasteiger partial charge in [-0.1, -0.05) is 42.8 Å². The molecular weight excluding hydrogens is 404 g/mol. The van der Waals surface area contributed by atoms with Gasteiger partial charge in [-0.3, -0.25) is 14.5 Å². The van der Waals surface area contributed by atoms with Gasteiger partial charge in [0.1, 0.15) is 5.75 Å². The number of amides is 1. The maximum Gasteiger partial charge on any atom is 0.274 e. The van der Waals surface area contributed by atoms with Crippen LogP contribution in [-0.4, -0.2) is 47.3 Å². The lowest BCUT2D eigenvalue weighted by Gasteiger charge is -2.35. The van der Waals surface area contributed by atoms with Crippen molar-refractivity contribution in [1.29, 1.82) is 0 Å². The molecule has 1 amide bonds. The number of rotatable bonds is 7. The largest absolute Gasteiger partial charge is 0.496 e.